The molecule has 2 aliphatic heterocycles. The number of pyridine rings is 1. The minimum absolute atomic E-state index is 0.146. The Kier molecular flexibility index (Phi) is 6.26. The SMILES string of the molecule is CCCn1c(N2CCCCC2)c(C=C2SC(=S)N(C)C2=O)c(C)c(C#N)c1=O. The number of carbonyl (C=O) groups excluding carboxylic acids is 1. The molecule has 0 saturated carbocycles. The van der Waals surface area contributed by atoms with E-state index >= 15 is 0 Å². The Hall–Kier alpha value is -2.11. The summed E-state index contributed by atoms with van der Waals surface area (Å²) in [7, 11) is 1.66. The number of thiocarbonyl (C=S) groups is 1. The van der Waals surface area contributed by atoms with Crippen LogP contribution < -0.4 is 10.5 Å². The van der Waals surface area contributed by atoms with E-state index in [4.69, 9.17) is 12.2 Å². The molecule has 2 fully saturated rings. The molecule has 0 aromatic carbocycles. The topological polar surface area (TPSA) is 69.3 Å². The van der Waals surface area contributed by atoms with Gasteiger partial charge >= 0.3 is 0 Å². The molecule has 0 aliphatic carbocycles. The highest BCUT2D eigenvalue weighted by Crippen LogP contribution is 2.35. The van der Waals surface area contributed by atoms with Crippen molar-refractivity contribution < 1.29 is 4.79 Å². The molecule has 3 rings (SSSR count). The molecule has 1 aromatic heterocycles. The largest absolute Gasteiger partial charge is 0.357 e. The minimum atomic E-state index is -0.248. The molecule has 0 radical (unpaired) electrons. The predicted molar refractivity (Wildman–Crippen MR) is 117 cm³/mol. The standard InChI is InChI=1S/C20H24N4O2S2/c1-4-8-24-17(23-9-6-5-7-10-23)14(13(2)15(12-21)18(24)25)11-16-19(26)22(3)20(27)28-16/h11H,4-10H2,1-3H3. The van der Waals surface area contributed by atoms with Crippen LogP contribution in [0.4, 0.5) is 5.82 Å². The summed E-state index contributed by atoms with van der Waals surface area (Å²) in [5, 5.41) is 9.62. The Morgan fingerprint density at radius 3 is 2.46 bits per heavy atom. The monoisotopic (exact) mass is 416 g/mol. The second-order valence-corrected chi connectivity index (χ2v) is 8.77. The molecule has 0 N–H and O–H groups in total. The highest BCUT2D eigenvalue weighted by molar-refractivity contribution is 8.26. The third kappa shape index (κ3) is 3.61. The normalized spacial score (nSPS) is 18.9. The molecule has 8 heteroatoms. The van der Waals surface area contributed by atoms with Crippen LogP contribution in [0.25, 0.3) is 6.08 Å². The molecule has 28 heavy (non-hydrogen) atoms. The van der Waals surface area contributed by atoms with Gasteiger partial charge < -0.3 is 4.90 Å². The number of rotatable bonds is 4. The number of nitrogens with zero attached hydrogens (tertiary/aromatic N) is 4. The van der Waals surface area contributed by atoms with Crippen LogP contribution >= 0.6 is 24.0 Å². The van der Waals surface area contributed by atoms with Gasteiger partial charge in [-0.3, -0.25) is 19.1 Å². The van der Waals surface area contributed by atoms with Crippen LogP contribution in [0.3, 0.4) is 0 Å². The number of carbonyl (C=O) groups is 1. The highest BCUT2D eigenvalue weighted by atomic mass is 32.2. The fraction of sp³-hybridized carbons (Fsp3) is 0.500. The molecule has 1 amide bonds. The number of amides is 1. The van der Waals surface area contributed by atoms with E-state index in [2.05, 4.69) is 11.0 Å². The smallest absolute Gasteiger partial charge is 0.270 e. The van der Waals surface area contributed by atoms with Gasteiger partial charge in [0.2, 0.25) is 0 Å². The van der Waals surface area contributed by atoms with Crippen molar-refractivity contribution in [2.75, 3.05) is 25.0 Å². The quantitative estimate of drug-likeness (QED) is 0.554. The summed E-state index contributed by atoms with van der Waals surface area (Å²) in [5.74, 6) is 0.676. The van der Waals surface area contributed by atoms with Gasteiger partial charge in [0.05, 0.1) is 4.91 Å². The second kappa shape index (κ2) is 8.50. The number of nitriles is 1. The van der Waals surface area contributed by atoms with Gasteiger partial charge in [-0.25, -0.2) is 0 Å². The van der Waals surface area contributed by atoms with Crippen LogP contribution in [-0.4, -0.2) is 39.8 Å². The second-order valence-electron chi connectivity index (χ2n) is 7.09. The fourth-order valence-electron chi connectivity index (χ4n) is 3.70. The highest BCUT2D eigenvalue weighted by Gasteiger charge is 2.31. The molecule has 2 aliphatic rings. The first-order valence-corrected chi connectivity index (χ1v) is 10.8. The van der Waals surface area contributed by atoms with Crippen LogP contribution in [0.15, 0.2) is 9.70 Å². The Labute approximate surface area is 174 Å². The number of likely N-dealkylation sites (N-methyl/N-ethyl adjacent to an activating group) is 1. The summed E-state index contributed by atoms with van der Waals surface area (Å²) >= 11 is 6.51. The maximum absolute atomic E-state index is 13.0. The van der Waals surface area contributed by atoms with Crippen LogP contribution in [0.2, 0.25) is 0 Å². The molecule has 0 atom stereocenters. The van der Waals surface area contributed by atoms with Crippen molar-refractivity contribution in [1.82, 2.24) is 9.47 Å². The molecular weight excluding hydrogens is 392 g/mol. The Morgan fingerprint density at radius 2 is 1.93 bits per heavy atom. The van der Waals surface area contributed by atoms with Crippen LogP contribution in [0.1, 0.15) is 49.3 Å². The minimum Gasteiger partial charge on any atom is -0.357 e. The summed E-state index contributed by atoms with van der Waals surface area (Å²) in [6.45, 7) is 6.08. The molecular formula is C20H24N4O2S2. The maximum Gasteiger partial charge on any atom is 0.270 e. The summed E-state index contributed by atoms with van der Waals surface area (Å²) in [4.78, 5) is 29.8. The first-order chi connectivity index (χ1) is 13.4. The molecule has 0 unspecified atom stereocenters. The summed E-state index contributed by atoms with van der Waals surface area (Å²) in [5.41, 5.74) is 1.30. The van der Waals surface area contributed by atoms with Gasteiger partial charge in [0.1, 0.15) is 21.8 Å². The van der Waals surface area contributed by atoms with Crippen molar-refractivity contribution in [2.24, 2.45) is 0 Å². The van der Waals surface area contributed by atoms with E-state index < -0.39 is 0 Å². The first-order valence-electron chi connectivity index (χ1n) is 9.54. The maximum atomic E-state index is 13.0. The predicted octanol–water partition coefficient (Wildman–Crippen LogP) is 3.26. The average Bonchev–Trinajstić information content (AvgIpc) is 2.93. The van der Waals surface area contributed by atoms with E-state index in [0.717, 1.165) is 43.7 Å². The van der Waals surface area contributed by atoms with Crippen molar-refractivity contribution in [2.45, 2.75) is 46.1 Å². The molecule has 0 bridgehead atoms. The Balaban J connectivity index is 2.28. The lowest BCUT2D eigenvalue weighted by atomic mass is 10.0. The van der Waals surface area contributed by atoms with Crippen molar-refractivity contribution in [3.63, 3.8) is 0 Å². The van der Waals surface area contributed by atoms with Crippen molar-refractivity contribution >= 4 is 46.1 Å². The van der Waals surface area contributed by atoms with E-state index in [1.807, 2.05) is 13.0 Å². The summed E-state index contributed by atoms with van der Waals surface area (Å²) in [6.07, 6.45) is 5.90. The van der Waals surface area contributed by atoms with Gasteiger partial charge in [0.25, 0.3) is 11.5 Å². The molecule has 3 heterocycles. The zero-order chi connectivity index (χ0) is 20.4. The zero-order valence-corrected chi connectivity index (χ0v) is 18.1. The van der Waals surface area contributed by atoms with Crippen molar-refractivity contribution in [3.8, 4) is 6.07 Å². The third-order valence-electron chi connectivity index (χ3n) is 5.21. The number of aromatic nitrogens is 1. The van der Waals surface area contributed by atoms with E-state index in [0.29, 0.717) is 21.3 Å². The Morgan fingerprint density at radius 1 is 1.25 bits per heavy atom. The lowest BCUT2D eigenvalue weighted by molar-refractivity contribution is -0.121. The van der Waals surface area contributed by atoms with E-state index in [9.17, 15) is 14.9 Å². The summed E-state index contributed by atoms with van der Waals surface area (Å²) < 4.78 is 2.23. The lowest BCUT2D eigenvalue weighted by Gasteiger charge is -2.33. The average molecular weight is 417 g/mol. The first kappa shape index (κ1) is 20.6. The van der Waals surface area contributed by atoms with E-state index in [1.54, 1.807) is 18.5 Å². The van der Waals surface area contributed by atoms with Crippen LogP contribution in [0, 0.1) is 18.3 Å². The van der Waals surface area contributed by atoms with E-state index in [-0.39, 0.29) is 17.0 Å². The number of thioether (sulfide) groups is 1. The van der Waals surface area contributed by atoms with Gasteiger partial charge in [0, 0.05) is 32.2 Å². The number of anilines is 1. The Bertz CT molecular complexity index is 952. The van der Waals surface area contributed by atoms with E-state index in [1.165, 1.54) is 23.1 Å². The van der Waals surface area contributed by atoms with Gasteiger partial charge in [0.15, 0.2) is 0 Å². The molecule has 148 valence electrons. The van der Waals surface area contributed by atoms with Crippen LogP contribution in [0.5, 0.6) is 0 Å². The van der Waals surface area contributed by atoms with Gasteiger partial charge in [-0.2, -0.15) is 5.26 Å². The third-order valence-corrected chi connectivity index (χ3v) is 6.70. The summed E-state index contributed by atoms with van der Waals surface area (Å²) in [6, 6.07) is 2.08. The fourth-order valence-corrected chi connectivity index (χ4v) is 4.86. The molecule has 0 spiro atoms. The van der Waals surface area contributed by atoms with Crippen molar-refractivity contribution in [3.05, 3.63) is 31.9 Å². The molecule has 6 nitrogen and oxygen atoms in total. The zero-order valence-electron chi connectivity index (χ0n) is 16.4. The lowest BCUT2D eigenvalue weighted by Crippen LogP contribution is -2.37. The van der Waals surface area contributed by atoms with Crippen molar-refractivity contribution in [1.29, 1.82) is 5.26 Å². The number of hydrogen-bond donors (Lipinski definition) is 0. The molecule has 2 saturated heterocycles. The van der Waals surface area contributed by atoms with Crippen LogP contribution in [-0.2, 0) is 11.3 Å². The molecule has 1 aromatic rings. The van der Waals surface area contributed by atoms with Gasteiger partial charge in [-0.05, 0) is 44.2 Å². The van der Waals surface area contributed by atoms with Gasteiger partial charge in [-0.1, -0.05) is 30.9 Å². The van der Waals surface area contributed by atoms with Gasteiger partial charge in [-0.15, -0.1) is 0 Å². The number of hydrogen-bond acceptors (Lipinski definition) is 6. The number of piperidine rings is 1.